The number of para-hydroxylation sites is 1. The number of nitrogens with one attached hydrogen (secondary N) is 2. The summed E-state index contributed by atoms with van der Waals surface area (Å²) in [7, 11) is 0. The van der Waals surface area contributed by atoms with E-state index >= 15 is 0 Å². The van der Waals surface area contributed by atoms with E-state index in [1.165, 1.54) is 19.3 Å². The van der Waals surface area contributed by atoms with Crippen molar-refractivity contribution in [1.29, 1.82) is 0 Å². The molecule has 1 fully saturated rings. The van der Waals surface area contributed by atoms with E-state index < -0.39 is 0 Å². The number of hydrogen-bond acceptors (Lipinski definition) is 2. The highest BCUT2D eigenvalue weighted by atomic mass is 16.2. The van der Waals surface area contributed by atoms with Gasteiger partial charge in [0.05, 0.1) is 0 Å². The Bertz CT molecular complexity index is 380. The fraction of sp³-hybridized carbons (Fsp3) is 0.500. The summed E-state index contributed by atoms with van der Waals surface area (Å²) in [6.07, 6.45) is 3.60. The smallest absolute Gasteiger partial charge is 0.319 e. The SMILES string of the molecule is NCC1CCCC1CNC(=O)Nc1ccccc1. The van der Waals surface area contributed by atoms with Crippen molar-refractivity contribution in [3.05, 3.63) is 30.3 Å². The van der Waals surface area contributed by atoms with Gasteiger partial charge in [-0.2, -0.15) is 0 Å². The Labute approximate surface area is 108 Å². The van der Waals surface area contributed by atoms with Crippen molar-refractivity contribution in [2.24, 2.45) is 17.6 Å². The predicted molar refractivity (Wildman–Crippen MR) is 73.3 cm³/mol. The molecule has 4 nitrogen and oxygen atoms in total. The number of carbonyl (C=O) groups is 1. The van der Waals surface area contributed by atoms with Crippen LogP contribution in [0.5, 0.6) is 0 Å². The van der Waals surface area contributed by atoms with Crippen LogP contribution in [0.4, 0.5) is 10.5 Å². The van der Waals surface area contributed by atoms with Crippen LogP contribution in [-0.4, -0.2) is 19.1 Å². The molecule has 0 saturated heterocycles. The molecule has 0 aromatic heterocycles. The van der Waals surface area contributed by atoms with Gasteiger partial charge in [0.1, 0.15) is 0 Å². The number of carbonyl (C=O) groups excluding carboxylic acids is 1. The highest BCUT2D eigenvalue weighted by molar-refractivity contribution is 5.89. The maximum absolute atomic E-state index is 11.7. The lowest BCUT2D eigenvalue weighted by atomic mass is 9.96. The number of urea groups is 1. The summed E-state index contributed by atoms with van der Waals surface area (Å²) < 4.78 is 0. The zero-order valence-electron chi connectivity index (χ0n) is 10.6. The standard InChI is InChI=1S/C14H21N3O/c15-9-11-5-4-6-12(11)10-16-14(18)17-13-7-2-1-3-8-13/h1-3,7-8,11-12H,4-6,9-10,15H2,(H2,16,17,18). The van der Waals surface area contributed by atoms with Crippen LogP contribution >= 0.6 is 0 Å². The van der Waals surface area contributed by atoms with Crippen LogP contribution < -0.4 is 16.4 Å². The maximum atomic E-state index is 11.7. The van der Waals surface area contributed by atoms with Gasteiger partial charge < -0.3 is 16.4 Å². The largest absolute Gasteiger partial charge is 0.338 e. The lowest BCUT2D eigenvalue weighted by Gasteiger charge is -2.18. The van der Waals surface area contributed by atoms with Crippen LogP contribution in [0.1, 0.15) is 19.3 Å². The van der Waals surface area contributed by atoms with E-state index in [9.17, 15) is 4.79 Å². The zero-order valence-corrected chi connectivity index (χ0v) is 10.6. The van der Waals surface area contributed by atoms with Crippen LogP contribution in [0.3, 0.4) is 0 Å². The molecule has 0 aliphatic heterocycles. The average molecular weight is 247 g/mol. The van der Waals surface area contributed by atoms with Crippen LogP contribution in [-0.2, 0) is 0 Å². The van der Waals surface area contributed by atoms with Crippen molar-refractivity contribution in [3.63, 3.8) is 0 Å². The fourth-order valence-corrected chi connectivity index (χ4v) is 2.61. The molecule has 1 saturated carbocycles. The van der Waals surface area contributed by atoms with Crippen LogP contribution in [0, 0.1) is 11.8 Å². The third-order valence-electron chi connectivity index (χ3n) is 3.68. The highest BCUT2D eigenvalue weighted by Gasteiger charge is 2.26. The van der Waals surface area contributed by atoms with E-state index in [0.29, 0.717) is 11.8 Å². The topological polar surface area (TPSA) is 67.1 Å². The Balaban J connectivity index is 1.75. The Kier molecular flexibility index (Phi) is 4.59. The van der Waals surface area contributed by atoms with E-state index in [1.807, 2.05) is 30.3 Å². The van der Waals surface area contributed by atoms with Gasteiger partial charge in [-0.25, -0.2) is 4.79 Å². The van der Waals surface area contributed by atoms with E-state index in [2.05, 4.69) is 10.6 Å². The summed E-state index contributed by atoms with van der Waals surface area (Å²) in [6.45, 7) is 1.45. The first-order valence-corrected chi connectivity index (χ1v) is 6.59. The van der Waals surface area contributed by atoms with Gasteiger partial charge in [0.2, 0.25) is 0 Å². The summed E-state index contributed by atoms with van der Waals surface area (Å²) in [5.74, 6) is 1.11. The summed E-state index contributed by atoms with van der Waals surface area (Å²) in [6, 6.07) is 9.33. The minimum atomic E-state index is -0.135. The minimum absolute atomic E-state index is 0.135. The first-order valence-electron chi connectivity index (χ1n) is 6.59. The highest BCUT2D eigenvalue weighted by Crippen LogP contribution is 2.30. The molecule has 1 aliphatic carbocycles. The van der Waals surface area contributed by atoms with E-state index in [-0.39, 0.29) is 6.03 Å². The number of hydrogen-bond donors (Lipinski definition) is 3. The molecule has 98 valence electrons. The molecule has 1 aliphatic rings. The van der Waals surface area contributed by atoms with Gasteiger partial charge in [0.25, 0.3) is 0 Å². The lowest BCUT2D eigenvalue weighted by molar-refractivity contribution is 0.248. The number of rotatable bonds is 4. The van der Waals surface area contributed by atoms with E-state index in [4.69, 9.17) is 5.73 Å². The first kappa shape index (κ1) is 12.9. The predicted octanol–water partition coefficient (Wildman–Crippen LogP) is 2.18. The summed E-state index contributed by atoms with van der Waals surface area (Å²) >= 11 is 0. The molecule has 2 rings (SSSR count). The molecule has 0 bridgehead atoms. The number of amides is 2. The molecule has 4 heteroatoms. The number of benzene rings is 1. The van der Waals surface area contributed by atoms with Crippen molar-refractivity contribution < 1.29 is 4.79 Å². The van der Waals surface area contributed by atoms with Gasteiger partial charge in [0.15, 0.2) is 0 Å². The quantitative estimate of drug-likeness (QED) is 0.763. The third kappa shape index (κ3) is 3.47. The monoisotopic (exact) mass is 247 g/mol. The molecule has 2 amide bonds. The Hall–Kier alpha value is -1.55. The Morgan fingerprint density at radius 3 is 2.67 bits per heavy atom. The molecule has 4 N–H and O–H groups in total. The second-order valence-electron chi connectivity index (χ2n) is 4.89. The van der Waals surface area contributed by atoms with E-state index in [1.54, 1.807) is 0 Å². The van der Waals surface area contributed by atoms with Crippen molar-refractivity contribution in [3.8, 4) is 0 Å². The molecular formula is C14H21N3O. The summed E-state index contributed by atoms with van der Waals surface area (Å²) in [4.78, 5) is 11.7. The van der Waals surface area contributed by atoms with Crippen molar-refractivity contribution in [1.82, 2.24) is 5.32 Å². The molecule has 2 unspecified atom stereocenters. The van der Waals surface area contributed by atoms with Gasteiger partial charge in [-0.05, 0) is 43.4 Å². The molecular weight excluding hydrogens is 226 g/mol. The average Bonchev–Trinajstić information content (AvgIpc) is 2.85. The minimum Gasteiger partial charge on any atom is -0.338 e. The third-order valence-corrected chi connectivity index (χ3v) is 3.68. The molecule has 18 heavy (non-hydrogen) atoms. The van der Waals surface area contributed by atoms with Crippen LogP contribution in [0.2, 0.25) is 0 Å². The molecule has 0 spiro atoms. The Morgan fingerprint density at radius 1 is 1.22 bits per heavy atom. The second-order valence-corrected chi connectivity index (χ2v) is 4.89. The first-order chi connectivity index (χ1) is 8.79. The Morgan fingerprint density at radius 2 is 1.94 bits per heavy atom. The summed E-state index contributed by atoms with van der Waals surface area (Å²) in [5, 5.41) is 5.75. The molecule has 1 aromatic carbocycles. The van der Waals surface area contributed by atoms with Gasteiger partial charge in [-0.3, -0.25) is 0 Å². The summed E-state index contributed by atoms with van der Waals surface area (Å²) in [5.41, 5.74) is 6.54. The number of nitrogens with two attached hydrogens (primary N) is 1. The van der Waals surface area contributed by atoms with Crippen LogP contribution in [0.15, 0.2) is 30.3 Å². The molecule has 0 radical (unpaired) electrons. The van der Waals surface area contributed by atoms with Crippen molar-refractivity contribution >= 4 is 11.7 Å². The van der Waals surface area contributed by atoms with E-state index in [0.717, 1.165) is 18.8 Å². The van der Waals surface area contributed by atoms with Crippen molar-refractivity contribution in [2.45, 2.75) is 19.3 Å². The second kappa shape index (κ2) is 6.40. The number of anilines is 1. The van der Waals surface area contributed by atoms with Gasteiger partial charge in [-0.15, -0.1) is 0 Å². The molecule has 1 aromatic rings. The van der Waals surface area contributed by atoms with Crippen LogP contribution in [0.25, 0.3) is 0 Å². The maximum Gasteiger partial charge on any atom is 0.319 e. The molecule has 2 atom stereocenters. The van der Waals surface area contributed by atoms with Gasteiger partial charge in [0, 0.05) is 12.2 Å². The lowest BCUT2D eigenvalue weighted by Crippen LogP contribution is -2.35. The zero-order chi connectivity index (χ0) is 12.8. The fourth-order valence-electron chi connectivity index (χ4n) is 2.61. The van der Waals surface area contributed by atoms with Crippen molar-refractivity contribution in [2.75, 3.05) is 18.4 Å². The normalized spacial score (nSPS) is 22.7. The van der Waals surface area contributed by atoms with Gasteiger partial charge >= 0.3 is 6.03 Å². The molecule has 0 heterocycles. The van der Waals surface area contributed by atoms with Gasteiger partial charge in [-0.1, -0.05) is 24.6 Å².